The second kappa shape index (κ2) is 5.08. The van der Waals surface area contributed by atoms with E-state index in [2.05, 4.69) is 0 Å². The number of carboxylic acid groups (broad SMARTS) is 1. The average Bonchev–Trinajstić information content (AvgIpc) is 3.08. The lowest BCUT2D eigenvalue weighted by atomic mass is 10.2. The van der Waals surface area contributed by atoms with Crippen molar-refractivity contribution >= 4 is 16.1 Å². The Morgan fingerprint density at radius 3 is 2.58 bits per heavy atom. The molecule has 1 saturated carbocycles. The van der Waals surface area contributed by atoms with Crippen molar-refractivity contribution in [3.63, 3.8) is 0 Å². The summed E-state index contributed by atoms with van der Waals surface area (Å²) >= 11 is 0. The smallest absolute Gasteiger partial charge is 0.335 e. The number of carboxylic acids is 1. The van der Waals surface area contributed by atoms with Crippen LogP contribution >= 0.6 is 0 Å². The lowest BCUT2D eigenvalue weighted by molar-refractivity contribution is 0.0696. The topological polar surface area (TPSA) is 89.9 Å². The number of carbonyl (C=O) groups is 1. The summed E-state index contributed by atoms with van der Waals surface area (Å²) in [5.74, 6) is -0.525. The fourth-order valence-corrected chi connectivity index (χ4v) is 1.94. The van der Waals surface area contributed by atoms with Crippen molar-refractivity contribution < 1.29 is 27.2 Å². The SMILES string of the molecule is CS(=O)(=O)Oc1cc(C(=O)O)ccc1OCC1CC1. The van der Waals surface area contributed by atoms with Crippen molar-refractivity contribution in [2.75, 3.05) is 12.9 Å². The molecular formula is C12H14O6S. The summed E-state index contributed by atoms with van der Waals surface area (Å²) in [5, 5.41) is 8.88. The number of benzene rings is 1. The molecule has 1 N–H and O–H groups in total. The van der Waals surface area contributed by atoms with Crippen LogP contribution in [0, 0.1) is 5.92 Å². The molecule has 0 heterocycles. The van der Waals surface area contributed by atoms with E-state index in [1.165, 1.54) is 12.1 Å². The minimum Gasteiger partial charge on any atom is -0.489 e. The highest BCUT2D eigenvalue weighted by Gasteiger charge is 2.23. The molecule has 6 nitrogen and oxygen atoms in total. The first kappa shape index (κ1) is 13.7. The van der Waals surface area contributed by atoms with Crippen LogP contribution < -0.4 is 8.92 Å². The zero-order chi connectivity index (χ0) is 14.0. The molecule has 0 spiro atoms. The van der Waals surface area contributed by atoms with Gasteiger partial charge in [0, 0.05) is 6.07 Å². The molecule has 1 aliphatic rings. The van der Waals surface area contributed by atoms with E-state index in [0.29, 0.717) is 12.5 Å². The van der Waals surface area contributed by atoms with Gasteiger partial charge in [-0.15, -0.1) is 0 Å². The van der Waals surface area contributed by atoms with Gasteiger partial charge in [0.05, 0.1) is 18.4 Å². The van der Waals surface area contributed by atoms with E-state index in [-0.39, 0.29) is 17.1 Å². The fraction of sp³-hybridized carbons (Fsp3) is 0.417. The first-order valence-electron chi connectivity index (χ1n) is 5.75. The van der Waals surface area contributed by atoms with Gasteiger partial charge < -0.3 is 14.0 Å². The Bertz CT molecular complexity index is 588. The summed E-state index contributed by atoms with van der Waals surface area (Å²) in [6, 6.07) is 3.90. The van der Waals surface area contributed by atoms with Crippen molar-refractivity contribution in [3.05, 3.63) is 23.8 Å². The van der Waals surface area contributed by atoms with Gasteiger partial charge in [-0.05, 0) is 30.9 Å². The van der Waals surface area contributed by atoms with Crippen molar-refractivity contribution in [1.82, 2.24) is 0 Å². The quantitative estimate of drug-likeness (QED) is 0.797. The molecular weight excluding hydrogens is 272 g/mol. The number of hydrogen-bond donors (Lipinski definition) is 1. The number of aromatic carboxylic acids is 1. The van der Waals surface area contributed by atoms with E-state index in [4.69, 9.17) is 14.0 Å². The number of ether oxygens (including phenoxy) is 1. The van der Waals surface area contributed by atoms with Gasteiger partial charge in [-0.2, -0.15) is 8.42 Å². The Balaban J connectivity index is 2.25. The Kier molecular flexibility index (Phi) is 3.66. The van der Waals surface area contributed by atoms with E-state index in [9.17, 15) is 13.2 Å². The molecule has 1 aromatic rings. The van der Waals surface area contributed by atoms with Crippen molar-refractivity contribution in [2.24, 2.45) is 5.92 Å². The molecule has 19 heavy (non-hydrogen) atoms. The second-order valence-electron chi connectivity index (χ2n) is 4.51. The van der Waals surface area contributed by atoms with Crippen LogP contribution in [0.15, 0.2) is 18.2 Å². The third-order valence-corrected chi connectivity index (χ3v) is 3.09. The van der Waals surface area contributed by atoms with Crippen LogP contribution in [-0.4, -0.2) is 32.4 Å². The molecule has 7 heteroatoms. The standard InChI is InChI=1S/C12H14O6S/c1-19(15,16)18-11-6-9(12(13)14)4-5-10(11)17-7-8-2-3-8/h4-6,8H,2-3,7H2,1H3,(H,13,14). The summed E-state index contributed by atoms with van der Waals surface area (Å²) in [4.78, 5) is 10.9. The third kappa shape index (κ3) is 4.13. The third-order valence-electron chi connectivity index (χ3n) is 2.60. The first-order chi connectivity index (χ1) is 8.85. The fourth-order valence-electron chi connectivity index (χ4n) is 1.48. The largest absolute Gasteiger partial charge is 0.489 e. The zero-order valence-corrected chi connectivity index (χ0v) is 11.1. The zero-order valence-electron chi connectivity index (χ0n) is 10.3. The Morgan fingerprint density at radius 1 is 1.37 bits per heavy atom. The molecule has 0 saturated heterocycles. The van der Waals surface area contributed by atoms with Crippen LogP contribution in [0.25, 0.3) is 0 Å². The molecule has 0 aliphatic heterocycles. The van der Waals surface area contributed by atoms with Gasteiger partial charge in [0.25, 0.3) is 0 Å². The van der Waals surface area contributed by atoms with E-state index in [1.54, 1.807) is 0 Å². The average molecular weight is 286 g/mol. The Hall–Kier alpha value is -1.76. The molecule has 0 bridgehead atoms. The monoisotopic (exact) mass is 286 g/mol. The van der Waals surface area contributed by atoms with Crippen LogP contribution in [0.1, 0.15) is 23.2 Å². The molecule has 0 radical (unpaired) electrons. The van der Waals surface area contributed by atoms with Crippen LogP contribution in [0.5, 0.6) is 11.5 Å². The predicted octanol–water partition coefficient (Wildman–Crippen LogP) is 1.51. The Morgan fingerprint density at radius 2 is 2.05 bits per heavy atom. The maximum Gasteiger partial charge on any atom is 0.335 e. The molecule has 0 aromatic heterocycles. The van der Waals surface area contributed by atoms with Gasteiger partial charge in [0.2, 0.25) is 0 Å². The van der Waals surface area contributed by atoms with Crippen LogP contribution in [-0.2, 0) is 10.1 Å². The molecule has 0 atom stereocenters. The number of hydrogen-bond acceptors (Lipinski definition) is 5. The summed E-state index contributed by atoms with van der Waals surface area (Å²) in [5.41, 5.74) is -0.0579. The molecule has 1 aromatic carbocycles. The van der Waals surface area contributed by atoms with E-state index < -0.39 is 16.1 Å². The minimum absolute atomic E-state index is 0.0579. The van der Waals surface area contributed by atoms with E-state index in [0.717, 1.165) is 25.2 Å². The van der Waals surface area contributed by atoms with Gasteiger partial charge >= 0.3 is 16.1 Å². The normalized spacial score (nSPS) is 15.0. The second-order valence-corrected chi connectivity index (χ2v) is 6.08. The summed E-state index contributed by atoms with van der Waals surface area (Å²) in [6.07, 6.45) is 3.08. The molecule has 2 rings (SSSR count). The summed E-state index contributed by atoms with van der Waals surface area (Å²) in [7, 11) is -3.74. The van der Waals surface area contributed by atoms with Crippen molar-refractivity contribution in [1.29, 1.82) is 0 Å². The highest BCUT2D eigenvalue weighted by molar-refractivity contribution is 7.86. The van der Waals surface area contributed by atoms with Gasteiger partial charge in [0.1, 0.15) is 0 Å². The van der Waals surface area contributed by atoms with Gasteiger partial charge in [0.15, 0.2) is 11.5 Å². The maximum atomic E-state index is 11.2. The first-order valence-corrected chi connectivity index (χ1v) is 7.56. The summed E-state index contributed by atoms with van der Waals surface area (Å²) < 4.78 is 32.5. The molecule has 0 amide bonds. The van der Waals surface area contributed by atoms with Crippen LogP contribution in [0.3, 0.4) is 0 Å². The highest BCUT2D eigenvalue weighted by Crippen LogP contribution is 2.33. The van der Waals surface area contributed by atoms with Gasteiger partial charge in [-0.25, -0.2) is 4.79 Å². The molecule has 0 unspecified atom stereocenters. The Labute approximate surface area is 111 Å². The lowest BCUT2D eigenvalue weighted by Gasteiger charge is -2.11. The van der Waals surface area contributed by atoms with E-state index in [1.807, 2.05) is 0 Å². The predicted molar refractivity (Wildman–Crippen MR) is 67.1 cm³/mol. The molecule has 104 valence electrons. The van der Waals surface area contributed by atoms with Gasteiger partial charge in [-0.3, -0.25) is 0 Å². The minimum atomic E-state index is -3.74. The van der Waals surface area contributed by atoms with Crippen molar-refractivity contribution in [2.45, 2.75) is 12.8 Å². The maximum absolute atomic E-state index is 11.2. The summed E-state index contributed by atoms with van der Waals surface area (Å²) in [6.45, 7) is 0.479. The van der Waals surface area contributed by atoms with Gasteiger partial charge in [-0.1, -0.05) is 0 Å². The molecule has 1 fully saturated rings. The van der Waals surface area contributed by atoms with E-state index >= 15 is 0 Å². The van der Waals surface area contributed by atoms with Crippen molar-refractivity contribution in [3.8, 4) is 11.5 Å². The number of rotatable bonds is 6. The van der Waals surface area contributed by atoms with Crippen LogP contribution in [0.4, 0.5) is 0 Å². The van der Waals surface area contributed by atoms with Crippen LogP contribution in [0.2, 0.25) is 0 Å². The molecule has 1 aliphatic carbocycles. The highest BCUT2D eigenvalue weighted by atomic mass is 32.2. The lowest BCUT2D eigenvalue weighted by Crippen LogP contribution is -2.09.